The zero-order valence-corrected chi connectivity index (χ0v) is 13.8. The minimum absolute atomic E-state index is 0.0166. The molecular weight excluding hydrogens is 294 g/mol. The Labute approximate surface area is 135 Å². The molecule has 5 nitrogen and oxygen atoms in total. The van der Waals surface area contributed by atoms with Crippen molar-refractivity contribution >= 4 is 16.9 Å². The molecule has 0 unspecified atom stereocenters. The van der Waals surface area contributed by atoms with E-state index in [2.05, 4.69) is 19.2 Å². The van der Waals surface area contributed by atoms with E-state index in [0.717, 1.165) is 17.4 Å². The zero-order chi connectivity index (χ0) is 16.4. The van der Waals surface area contributed by atoms with Gasteiger partial charge in [0, 0.05) is 19.1 Å². The largest absolute Gasteiger partial charge is 0.463 e. The smallest absolute Gasteiger partial charge is 0.255 e. The Balaban J connectivity index is 1.84. The summed E-state index contributed by atoms with van der Waals surface area (Å²) in [6, 6.07) is 5.85. The standard InChI is InChI=1S/C18H23NO4/c1-11(2)12-4-5-16-13(8-12)14(9-23-16)18(20)19-15-10-22-7-6-17(15)21-3/h4-5,8-9,11,15,17H,6-7,10H2,1-3H3,(H,19,20)/t15-,17-/m1/s1. The van der Waals surface area contributed by atoms with Gasteiger partial charge >= 0.3 is 0 Å². The Hall–Kier alpha value is -1.85. The number of carbonyl (C=O) groups excluding carboxylic acids is 1. The fraction of sp³-hybridized carbons (Fsp3) is 0.500. The van der Waals surface area contributed by atoms with Gasteiger partial charge in [0.15, 0.2) is 0 Å². The average molecular weight is 317 g/mol. The molecule has 2 aromatic rings. The van der Waals surface area contributed by atoms with Crippen molar-refractivity contribution in [1.29, 1.82) is 0 Å². The molecule has 124 valence electrons. The number of carbonyl (C=O) groups is 1. The van der Waals surface area contributed by atoms with E-state index < -0.39 is 0 Å². The number of nitrogens with one attached hydrogen (secondary N) is 1. The molecule has 2 atom stereocenters. The molecule has 2 heterocycles. The van der Waals surface area contributed by atoms with Gasteiger partial charge in [0.2, 0.25) is 0 Å². The summed E-state index contributed by atoms with van der Waals surface area (Å²) >= 11 is 0. The summed E-state index contributed by atoms with van der Waals surface area (Å²) in [5.41, 5.74) is 2.47. The number of hydrogen-bond acceptors (Lipinski definition) is 4. The Morgan fingerprint density at radius 2 is 2.22 bits per heavy atom. The molecule has 1 amide bonds. The van der Waals surface area contributed by atoms with E-state index in [4.69, 9.17) is 13.9 Å². The lowest BCUT2D eigenvalue weighted by Crippen LogP contribution is -2.50. The van der Waals surface area contributed by atoms with Gasteiger partial charge in [-0.1, -0.05) is 19.9 Å². The molecule has 1 aromatic heterocycles. The van der Waals surface area contributed by atoms with Crippen molar-refractivity contribution in [1.82, 2.24) is 5.32 Å². The van der Waals surface area contributed by atoms with Gasteiger partial charge in [0.05, 0.1) is 24.3 Å². The maximum Gasteiger partial charge on any atom is 0.255 e. The second kappa shape index (κ2) is 6.72. The quantitative estimate of drug-likeness (QED) is 0.941. The summed E-state index contributed by atoms with van der Waals surface area (Å²) in [5.74, 6) is 0.247. The van der Waals surface area contributed by atoms with Crippen LogP contribution in [0.3, 0.4) is 0 Å². The van der Waals surface area contributed by atoms with E-state index in [1.807, 2.05) is 18.2 Å². The number of benzene rings is 1. The summed E-state index contributed by atoms with van der Waals surface area (Å²) in [7, 11) is 1.66. The molecule has 5 heteroatoms. The van der Waals surface area contributed by atoms with Crippen LogP contribution < -0.4 is 5.32 Å². The molecule has 23 heavy (non-hydrogen) atoms. The molecule has 1 aliphatic heterocycles. The van der Waals surface area contributed by atoms with Crippen LogP contribution in [-0.2, 0) is 9.47 Å². The first-order valence-corrected chi connectivity index (χ1v) is 8.02. The Morgan fingerprint density at radius 1 is 1.39 bits per heavy atom. The van der Waals surface area contributed by atoms with Crippen molar-refractivity contribution in [2.45, 2.75) is 38.3 Å². The third-order valence-corrected chi connectivity index (χ3v) is 4.42. The van der Waals surface area contributed by atoms with Crippen molar-refractivity contribution in [3.8, 4) is 0 Å². The topological polar surface area (TPSA) is 60.7 Å². The van der Waals surface area contributed by atoms with Gasteiger partial charge in [-0.25, -0.2) is 0 Å². The molecule has 3 rings (SSSR count). The number of amides is 1. The molecule has 0 radical (unpaired) electrons. The van der Waals surface area contributed by atoms with Crippen LogP contribution in [0.2, 0.25) is 0 Å². The van der Waals surface area contributed by atoms with Crippen LogP contribution in [0.25, 0.3) is 11.0 Å². The Kier molecular flexibility index (Phi) is 4.68. The van der Waals surface area contributed by atoms with Crippen molar-refractivity contribution < 1.29 is 18.7 Å². The van der Waals surface area contributed by atoms with Crippen LogP contribution in [0.4, 0.5) is 0 Å². The maximum atomic E-state index is 12.6. The predicted octanol–water partition coefficient (Wildman–Crippen LogP) is 3.09. The number of furan rings is 1. The van der Waals surface area contributed by atoms with Gasteiger partial charge < -0.3 is 19.2 Å². The molecular formula is C18H23NO4. The van der Waals surface area contributed by atoms with Crippen molar-refractivity contribution in [2.24, 2.45) is 0 Å². The highest BCUT2D eigenvalue weighted by molar-refractivity contribution is 6.06. The van der Waals surface area contributed by atoms with E-state index in [1.54, 1.807) is 7.11 Å². The predicted molar refractivity (Wildman–Crippen MR) is 87.8 cm³/mol. The van der Waals surface area contributed by atoms with Gasteiger partial charge in [-0.2, -0.15) is 0 Å². The minimum Gasteiger partial charge on any atom is -0.463 e. The number of hydrogen-bond donors (Lipinski definition) is 1. The average Bonchev–Trinajstić information content (AvgIpc) is 2.98. The molecule has 0 bridgehead atoms. The second-order valence-corrected chi connectivity index (χ2v) is 6.28. The number of methoxy groups -OCH3 is 1. The van der Waals surface area contributed by atoms with Gasteiger partial charge in [-0.05, 0) is 30.0 Å². The van der Waals surface area contributed by atoms with E-state index >= 15 is 0 Å². The van der Waals surface area contributed by atoms with Crippen molar-refractivity contribution in [3.63, 3.8) is 0 Å². The lowest BCUT2D eigenvalue weighted by molar-refractivity contribution is -0.0349. The first-order valence-electron chi connectivity index (χ1n) is 8.02. The third kappa shape index (κ3) is 3.26. The van der Waals surface area contributed by atoms with E-state index in [0.29, 0.717) is 24.7 Å². The van der Waals surface area contributed by atoms with E-state index in [1.165, 1.54) is 11.8 Å². The minimum atomic E-state index is -0.151. The van der Waals surface area contributed by atoms with E-state index in [9.17, 15) is 4.79 Å². The molecule has 1 saturated heterocycles. The first-order chi connectivity index (χ1) is 11.1. The third-order valence-electron chi connectivity index (χ3n) is 4.42. The highest BCUT2D eigenvalue weighted by atomic mass is 16.5. The number of rotatable bonds is 4. The molecule has 1 aromatic carbocycles. The summed E-state index contributed by atoms with van der Waals surface area (Å²) < 4.78 is 16.4. The van der Waals surface area contributed by atoms with E-state index in [-0.39, 0.29) is 18.1 Å². The van der Waals surface area contributed by atoms with Crippen LogP contribution >= 0.6 is 0 Å². The lowest BCUT2D eigenvalue weighted by atomic mass is 10.00. The van der Waals surface area contributed by atoms with Gasteiger partial charge in [0.25, 0.3) is 5.91 Å². The lowest BCUT2D eigenvalue weighted by Gasteiger charge is -2.30. The summed E-state index contributed by atoms with van der Waals surface area (Å²) in [5, 5.41) is 3.86. The SMILES string of the molecule is CO[C@@H]1CCOC[C@H]1NC(=O)c1coc2ccc(C(C)C)cc12. The highest BCUT2D eigenvalue weighted by Gasteiger charge is 2.28. The monoisotopic (exact) mass is 317 g/mol. The summed E-state index contributed by atoms with van der Waals surface area (Å²) in [4.78, 5) is 12.6. The molecule has 1 aliphatic rings. The van der Waals surface area contributed by atoms with Crippen LogP contribution in [-0.4, -0.2) is 38.4 Å². The number of fused-ring (bicyclic) bond motifs is 1. The van der Waals surface area contributed by atoms with Gasteiger partial charge in [-0.15, -0.1) is 0 Å². The van der Waals surface area contributed by atoms with Crippen LogP contribution in [0, 0.1) is 0 Å². The Bertz CT molecular complexity index is 691. The molecule has 1 N–H and O–H groups in total. The van der Waals surface area contributed by atoms with Crippen LogP contribution in [0.1, 0.15) is 42.1 Å². The summed E-state index contributed by atoms with van der Waals surface area (Å²) in [6.07, 6.45) is 2.29. The number of ether oxygens (including phenoxy) is 2. The molecule has 0 spiro atoms. The highest BCUT2D eigenvalue weighted by Crippen LogP contribution is 2.26. The molecule has 0 saturated carbocycles. The maximum absolute atomic E-state index is 12.6. The van der Waals surface area contributed by atoms with Crippen LogP contribution in [0.5, 0.6) is 0 Å². The molecule has 0 aliphatic carbocycles. The fourth-order valence-corrected chi connectivity index (χ4v) is 2.96. The Morgan fingerprint density at radius 3 is 2.96 bits per heavy atom. The summed E-state index contributed by atoms with van der Waals surface area (Å²) in [6.45, 7) is 5.39. The first kappa shape index (κ1) is 16.0. The van der Waals surface area contributed by atoms with Gasteiger partial charge in [-0.3, -0.25) is 4.79 Å². The normalized spacial score (nSPS) is 21.7. The fourth-order valence-electron chi connectivity index (χ4n) is 2.96. The molecule has 1 fully saturated rings. The second-order valence-electron chi connectivity index (χ2n) is 6.28. The zero-order valence-electron chi connectivity index (χ0n) is 13.8. The van der Waals surface area contributed by atoms with Crippen molar-refractivity contribution in [3.05, 3.63) is 35.6 Å². The van der Waals surface area contributed by atoms with Crippen LogP contribution in [0.15, 0.2) is 28.9 Å². The van der Waals surface area contributed by atoms with Gasteiger partial charge in [0.1, 0.15) is 11.8 Å². The van der Waals surface area contributed by atoms with Crippen molar-refractivity contribution in [2.75, 3.05) is 20.3 Å².